The first kappa shape index (κ1) is 24.7. The number of pyridine rings is 1. The van der Waals surface area contributed by atoms with Gasteiger partial charge in [-0.15, -0.1) is 0 Å². The van der Waals surface area contributed by atoms with E-state index in [9.17, 15) is 4.79 Å². The molecule has 0 bridgehead atoms. The highest BCUT2D eigenvalue weighted by Gasteiger charge is 2.26. The molecule has 0 unspecified atom stereocenters. The van der Waals surface area contributed by atoms with Gasteiger partial charge in [-0.3, -0.25) is 10.00 Å². The molecule has 2 aromatic heterocycles. The lowest BCUT2D eigenvalue weighted by atomic mass is 9.99. The number of hydrogen-bond donors (Lipinski definition) is 3. The highest BCUT2D eigenvalue weighted by Crippen LogP contribution is 2.36. The number of hydrogen-bond acceptors (Lipinski definition) is 7. The van der Waals surface area contributed by atoms with Gasteiger partial charge in [0.05, 0.1) is 25.5 Å². The Balaban J connectivity index is 1.55. The highest BCUT2D eigenvalue weighted by molar-refractivity contribution is 5.97. The zero-order valence-electron chi connectivity index (χ0n) is 21.0. The molecular weight excluding hydrogens is 475 g/mol. The van der Waals surface area contributed by atoms with Gasteiger partial charge in [0, 0.05) is 61.3 Å². The number of morpholine rings is 1. The third-order valence-corrected chi connectivity index (χ3v) is 6.90. The van der Waals surface area contributed by atoms with Gasteiger partial charge in [-0.1, -0.05) is 0 Å². The second-order valence-electron chi connectivity index (χ2n) is 9.35. The van der Waals surface area contributed by atoms with Gasteiger partial charge in [0.25, 0.3) is 0 Å². The largest absolute Gasteiger partial charge is 0.377 e. The zero-order valence-corrected chi connectivity index (χ0v) is 21.0. The maximum Gasteiger partial charge on any atom is 0.324 e. The fourth-order valence-corrected chi connectivity index (χ4v) is 4.84. The number of rotatable bonds is 6. The Morgan fingerprint density at radius 1 is 1.24 bits per heavy atom. The summed E-state index contributed by atoms with van der Waals surface area (Å²) >= 11 is 0. The van der Waals surface area contributed by atoms with Crippen LogP contribution in [0.15, 0.2) is 36.5 Å². The Bertz CT molecular complexity index is 1280. The molecule has 0 aliphatic carbocycles. The smallest absolute Gasteiger partial charge is 0.324 e. The maximum atomic E-state index is 15.7. The van der Waals surface area contributed by atoms with Crippen molar-refractivity contribution >= 4 is 35.4 Å². The van der Waals surface area contributed by atoms with Crippen LogP contribution in [0.3, 0.4) is 0 Å². The van der Waals surface area contributed by atoms with Crippen molar-refractivity contribution in [1.29, 1.82) is 5.41 Å². The van der Waals surface area contributed by atoms with Crippen LogP contribution in [0, 0.1) is 11.2 Å². The van der Waals surface area contributed by atoms with Crippen molar-refractivity contribution in [2.75, 3.05) is 55.0 Å². The standard InChI is InChI=1S/C26H31FN8O2/c1-17-16-37-12-11-35(17)24-14-20(21(15-28)25(31-24)30-23-7-8-29-32-23)19-6-5-18(13-22(19)27)33(2)26(36)34-9-3-4-10-34/h5-8,13-15,17,28H,3-4,9-12,16H2,1-2H3,(H2,29,30,31,32)/t17-/m1/s1. The number of amides is 2. The molecule has 0 saturated carbocycles. The maximum absolute atomic E-state index is 15.7. The second-order valence-corrected chi connectivity index (χ2v) is 9.35. The molecule has 5 rings (SSSR count). The monoisotopic (exact) mass is 506 g/mol. The van der Waals surface area contributed by atoms with E-state index in [2.05, 4.69) is 27.3 Å². The zero-order chi connectivity index (χ0) is 25.9. The molecular formula is C26H31FN8O2. The number of H-pyrrole nitrogens is 1. The third-order valence-electron chi connectivity index (χ3n) is 6.90. The normalized spacial score (nSPS) is 17.6. The van der Waals surface area contributed by atoms with Gasteiger partial charge in [0.1, 0.15) is 23.3 Å². The second kappa shape index (κ2) is 10.6. The number of carbonyl (C=O) groups excluding carboxylic acids is 1. The van der Waals surface area contributed by atoms with E-state index >= 15 is 4.39 Å². The summed E-state index contributed by atoms with van der Waals surface area (Å²) in [6.07, 6.45) is 4.75. The Morgan fingerprint density at radius 2 is 2.05 bits per heavy atom. The number of ether oxygens (including phenoxy) is 1. The van der Waals surface area contributed by atoms with Crippen LogP contribution in [-0.4, -0.2) is 78.3 Å². The van der Waals surface area contributed by atoms with Crippen LogP contribution in [0.4, 0.5) is 32.3 Å². The number of aromatic nitrogens is 3. The molecule has 2 saturated heterocycles. The number of aromatic amines is 1. The molecule has 2 aliphatic heterocycles. The van der Waals surface area contributed by atoms with Crippen molar-refractivity contribution in [1.82, 2.24) is 20.1 Å². The molecule has 3 N–H and O–H groups in total. The summed E-state index contributed by atoms with van der Waals surface area (Å²) in [5, 5.41) is 18.1. The van der Waals surface area contributed by atoms with Crippen LogP contribution in [0.1, 0.15) is 25.3 Å². The number of halogens is 1. The molecule has 1 atom stereocenters. The topological polar surface area (TPSA) is 113 Å². The SMILES string of the molecule is C[C@@H]1COCCN1c1cc(-c2ccc(N(C)C(=O)N3CCCC3)cc2F)c(C=N)c(Nc2ccn[nH]2)n1. The molecule has 3 aromatic rings. The molecule has 0 radical (unpaired) electrons. The quantitative estimate of drug-likeness (QED) is 0.431. The van der Waals surface area contributed by atoms with Gasteiger partial charge < -0.3 is 25.3 Å². The van der Waals surface area contributed by atoms with Crippen LogP contribution in [0.2, 0.25) is 0 Å². The molecule has 10 nitrogen and oxygen atoms in total. The van der Waals surface area contributed by atoms with Gasteiger partial charge in [-0.2, -0.15) is 5.10 Å². The first-order chi connectivity index (χ1) is 18.0. The van der Waals surface area contributed by atoms with E-state index in [-0.39, 0.29) is 12.1 Å². The minimum atomic E-state index is -0.485. The van der Waals surface area contributed by atoms with Gasteiger partial charge in [-0.05, 0) is 44.0 Å². The van der Waals surface area contributed by atoms with Crippen molar-refractivity contribution in [3.8, 4) is 11.1 Å². The molecule has 2 fully saturated rings. The van der Waals surface area contributed by atoms with Gasteiger partial charge in [0.15, 0.2) is 0 Å². The number of anilines is 4. The van der Waals surface area contributed by atoms with E-state index in [1.807, 2.05) is 6.07 Å². The summed E-state index contributed by atoms with van der Waals surface area (Å²) in [6, 6.07) is 8.28. The molecule has 0 spiro atoms. The van der Waals surface area contributed by atoms with Crippen LogP contribution >= 0.6 is 0 Å². The molecule has 1 aromatic carbocycles. The van der Waals surface area contributed by atoms with E-state index in [0.717, 1.165) is 25.9 Å². The van der Waals surface area contributed by atoms with Crippen molar-refractivity contribution in [2.45, 2.75) is 25.8 Å². The van der Waals surface area contributed by atoms with Crippen molar-refractivity contribution < 1.29 is 13.9 Å². The van der Waals surface area contributed by atoms with Crippen LogP contribution in [0.5, 0.6) is 0 Å². The van der Waals surface area contributed by atoms with E-state index in [1.54, 1.807) is 36.3 Å². The summed E-state index contributed by atoms with van der Waals surface area (Å²) < 4.78 is 21.3. The minimum absolute atomic E-state index is 0.0809. The lowest BCUT2D eigenvalue weighted by Gasteiger charge is -2.35. The molecule has 2 aliphatic rings. The lowest BCUT2D eigenvalue weighted by molar-refractivity contribution is 0.0985. The van der Waals surface area contributed by atoms with Crippen molar-refractivity contribution in [3.05, 3.63) is 47.9 Å². The Hall–Kier alpha value is -3.99. The Morgan fingerprint density at radius 3 is 2.73 bits per heavy atom. The summed E-state index contributed by atoms with van der Waals surface area (Å²) in [5.41, 5.74) is 1.76. The van der Waals surface area contributed by atoms with Gasteiger partial charge in [0.2, 0.25) is 0 Å². The molecule has 37 heavy (non-hydrogen) atoms. The Labute approximate surface area is 214 Å². The number of likely N-dealkylation sites (tertiary alicyclic amines) is 1. The number of benzene rings is 1. The fraction of sp³-hybridized carbons (Fsp3) is 0.385. The van der Waals surface area contributed by atoms with E-state index < -0.39 is 5.82 Å². The number of urea groups is 1. The van der Waals surface area contributed by atoms with E-state index in [0.29, 0.717) is 59.6 Å². The summed E-state index contributed by atoms with van der Waals surface area (Å²) in [7, 11) is 1.66. The van der Waals surface area contributed by atoms with Crippen LogP contribution in [-0.2, 0) is 4.74 Å². The van der Waals surface area contributed by atoms with Crippen molar-refractivity contribution in [3.63, 3.8) is 0 Å². The summed E-state index contributed by atoms with van der Waals surface area (Å²) in [4.78, 5) is 23.0. The lowest BCUT2D eigenvalue weighted by Crippen LogP contribution is -2.44. The van der Waals surface area contributed by atoms with Crippen molar-refractivity contribution in [2.24, 2.45) is 0 Å². The number of carbonyl (C=O) groups is 1. The average molecular weight is 507 g/mol. The van der Waals surface area contributed by atoms with Crippen LogP contribution in [0.25, 0.3) is 11.1 Å². The van der Waals surface area contributed by atoms with E-state index in [1.165, 1.54) is 17.2 Å². The molecule has 11 heteroatoms. The average Bonchev–Trinajstić information content (AvgIpc) is 3.62. The van der Waals surface area contributed by atoms with E-state index in [4.69, 9.17) is 15.1 Å². The molecule has 194 valence electrons. The highest BCUT2D eigenvalue weighted by atomic mass is 19.1. The predicted molar refractivity (Wildman–Crippen MR) is 142 cm³/mol. The first-order valence-corrected chi connectivity index (χ1v) is 12.4. The fourth-order valence-electron chi connectivity index (χ4n) is 4.84. The minimum Gasteiger partial charge on any atom is -0.377 e. The molecule has 4 heterocycles. The number of nitrogens with zero attached hydrogens (tertiary/aromatic N) is 5. The van der Waals surface area contributed by atoms with Gasteiger partial charge >= 0.3 is 6.03 Å². The van der Waals surface area contributed by atoms with Crippen LogP contribution < -0.4 is 15.1 Å². The third kappa shape index (κ3) is 4.99. The number of nitrogens with one attached hydrogen (secondary N) is 3. The summed E-state index contributed by atoms with van der Waals surface area (Å²) in [5.74, 6) is 1.19. The van der Waals surface area contributed by atoms with Gasteiger partial charge in [-0.25, -0.2) is 14.2 Å². The molecule has 2 amide bonds. The predicted octanol–water partition coefficient (Wildman–Crippen LogP) is 4.23. The first-order valence-electron chi connectivity index (χ1n) is 12.4. The Kier molecular flexibility index (Phi) is 7.04. The summed E-state index contributed by atoms with van der Waals surface area (Å²) in [6.45, 7) is 5.27.